The fourth-order valence-corrected chi connectivity index (χ4v) is 1.35. The predicted octanol–water partition coefficient (Wildman–Crippen LogP) is 1.51. The summed E-state index contributed by atoms with van der Waals surface area (Å²) in [4.78, 5) is 3.99. The second-order valence-corrected chi connectivity index (χ2v) is 3.81. The summed E-state index contributed by atoms with van der Waals surface area (Å²) in [5, 5.41) is 1.42. The van der Waals surface area contributed by atoms with Crippen LogP contribution in [0.5, 0.6) is 5.19 Å². The van der Waals surface area contributed by atoms with Gasteiger partial charge in [-0.3, -0.25) is 0 Å². The summed E-state index contributed by atoms with van der Waals surface area (Å²) in [5.74, 6) is 0.778. The fourth-order valence-electron chi connectivity index (χ4n) is 0.810. The predicted molar refractivity (Wildman–Crippen MR) is 44.7 cm³/mol. The van der Waals surface area contributed by atoms with Crippen LogP contribution in [0.15, 0.2) is 6.20 Å². The summed E-state index contributed by atoms with van der Waals surface area (Å²) in [6.45, 7) is 0.812. The van der Waals surface area contributed by atoms with E-state index in [1.807, 2.05) is 0 Å². The van der Waals surface area contributed by atoms with Crippen LogP contribution in [-0.4, -0.2) is 11.6 Å². The van der Waals surface area contributed by atoms with E-state index in [1.165, 1.54) is 24.2 Å². The monoisotopic (exact) mass is 170 g/mol. The van der Waals surface area contributed by atoms with Crippen molar-refractivity contribution in [2.75, 3.05) is 12.3 Å². The maximum absolute atomic E-state index is 5.48. The molecule has 0 amide bonds. The van der Waals surface area contributed by atoms with Crippen LogP contribution in [-0.2, 0) is 0 Å². The van der Waals surface area contributed by atoms with E-state index in [1.54, 1.807) is 6.20 Å². The van der Waals surface area contributed by atoms with Crippen molar-refractivity contribution < 1.29 is 4.74 Å². The molecule has 3 nitrogen and oxygen atoms in total. The maximum Gasteiger partial charge on any atom is 0.275 e. The molecule has 1 heterocycles. The molecule has 1 aromatic heterocycles. The molecule has 1 fully saturated rings. The highest BCUT2D eigenvalue weighted by Crippen LogP contribution is 2.30. The Morgan fingerprint density at radius 1 is 1.73 bits per heavy atom. The topological polar surface area (TPSA) is 48.1 Å². The third kappa shape index (κ3) is 1.83. The third-order valence-corrected chi connectivity index (χ3v) is 2.38. The van der Waals surface area contributed by atoms with E-state index in [4.69, 9.17) is 10.5 Å². The second kappa shape index (κ2) is 2.70. The molecule has 0 atom stereocenters. The molecular weight excluding hydrogens is 160 g/mol. The number of nitrogen functional groups attached to an aromatic ring is 1. The molecule has 0 aromatic carbocycles. The highest BCUT2D eigenvalue weighted by Gasteiger charge is 2.22. The van der Waals surface area contributed by atoms with E-state index < -0.39 is 0 Å². The van der Waals surface area contributed by atoms with Crippen molar-refractivity contribution in [3.63, 3.8) is 0 Å². The van der Waals surface area contributed by atoms with Crippen LogP contribution in [0.3, 0.4) is 0 Å². The Labute approximate surface area is 69.2 Å². The number of rotatable bonds is 3. The van der Waals surface area contributed by atoms with E-state index in [0.717, 1.165) is 17.5 Å². The van der Waals surface area contributed by atoms with Gasteiger partial charge in [-0.05, 0) is 18.8 Å². The summed E-state index contributed by atoms with van der Waals surface area (Å²) in [6, 6.07) is 0. The van der Waals surface area contributed by atoms with Gasteiger partial charge in [-0.15, -0.1) is 0 Å². The van der Waals surface area contributed by atoms with E-state index in [2.05, 4.69) is 4.98 Å². The lowest BCUT2D eigenvalue weighted by atomic mass is 10.5. The Morgan fingerprint density at radius 3 is 3.09 bits per heavy atom. The van der Waals surface area contributed by atoms with Crippen LogP contribution in [0.25, 0.3) is 0 Å². The van der Waals surface area contributed by atoms with Gasteiger partial charge in [-0.25, -0.2) is 4.98 Å². The van der Waals surface area contributed by atoms with Crippen LogP contribution >= 0.6 is 11.3 Å². The normalized spacial score (nSPS) is 16.7. The molecule has 2 rings (SSSR count). The smallest absolute Gasteiger partial charge is 0.275 e. The number of ether oxygens (including phenoxy) is 1. The van der Waals surface area contributed by atoms with Gasteiger partial charge in [0.25, 0.3) is 5.19 Å². The van der Waals surface area contributed by atoms with Crippen LogP contribution in [0.4, 0.5) is 5.00 Å². The van der Waals surface area contributed by atoms with Gasteiger partial charge in [0.15, 0.2) is 0 Å². The molecule has 1 aliphatic rings. The number of thiazole rings is 1. The average molecular weight is 170 g/mol. The van der Waals surface area contributed by atoms with Gasteiger partial charge in [-0.2, -0.15) is 0 Å². The molecule has 0 radical (unpaired) electrons. The lowest BCUT2D eigenvalue weighted by molar-refractivity contribution is 0.298. The van der Waals surface area contributed by atoms with Gasteiger partial charge in [0.05, 0.1) is 12.8 Å². The first-order chi connectivity index (χ1) is 5.34. The maximum atomic E-state index is 5.48. The molecule has 60 valence electrons. The van der Waals surface area contributed by atoms with Crippen LogP contribution in [0, 0.1) is 5.92 Å². The van der Waals surface area contributed by atoms with Gasteiger partial charge in [-0.1, -0.05) is 11.3 Å². The van der Waals surface area contributed by atoms with Crippen molar-refractivity contribution in [2.45, 2.75) is 12.8 Å². The van der Waals surface area contributed by atoms with Crippen LogP contribution < -0.4 is 10.5 Å². The number of nitrogens with two attached hydrogens (primary N) is 1. The number of nitrogens with zero attached hydrogens (tertiary/aromatic N) is 1. The number of hydrogen-bond acceptors (Lipinski definition) is 4. The minimum atomic E-state index is 0.703. The first-order valence-corrected chi connectivity index (χ1v) is 4.50. The van der Waals surface area contributed by atoms with Gasteiger partial charge in [0, 0.05) is 0 Å². The Balaban J connectivity index is 1.85. The largest absolute Gasteiger partial charge is 0.470 e. The van der Waals surface area contributed by atoms with E-state index >= 15 is 0 Å². The molecule has 1 aromatic rings. The van der Waals surface area contributed by atoms with Gasteiger partial charge in [0.1, 0.15) is 5.00 Å². The minimum absolute atomic E-state index is 0.703. The Bertz CT molecular complexity index is 244. The zero-order valence-electron chi connectivity index (χ0n) is 6.12. The summed E-state index contributed by atoms with van der Waals surface area (Å²) in [5.41, 5.74) is 5.48. The summed E-state index contributed by atoms with van der Waals surface area (Å²) >= 11 is 1.40. The lowest BCUT2D eigenvalue weighted by Crippen LogP contribution is -1.97. The average Bonchev–Trinajstić information content (AvgIpc) is 2.72. The molecule has 11 heavy (non-hydrogen) atoms. The van der Waals surface area contributed by atoms with Crippen molar-refractivity contribution in [1.82, 2.24) is 4.98 Å². The molecule has 2 N–H and O–H groups in total. The quantitative estimate of drug-likeness (QED) is 0.748. The minimum Gasteiger partial charge on any atom is -0.470 e. The summed E-state index contributed by atoms with van der Waals surface area (Å²) in [7, 11) is 0. The van der Waals surface area contributed by atoms with Crippen molar-refractivity contribution in [3.05, 3.63) is 6.20 Å². The van der Waals surface area contributed by atoms with Gasteiger partial charge < -0.3 is 10.5 Å². The Kier molecular flexibility index (Phi) is 1.69. The molecule has 0 saturated heterocycles. The molecule has 1 saturated carbocycles. The van der Waals surface area contributed by atoms with E-state index in [-0.39, 0.29) is 0 Å². The third-order valence-electron chi connectivity index (χ3n) is 1.64. The number of hydrogen-bond donors (Lipinski definition) is 1. The Hall–Kier alpha value is -0.770. The highest BCUT2D eigenvalue weighted by molar-refractivity contribution is 7.17. The second-order valence-electron chi connectivity index (χ2n) is 2.78. The first-order valence-electron chi connectivity index (χ1n) is 3.68. The van der Waals surface area contributed by atoms with Crippen LogP contribution in [0.2, 0.25) is 0 Å². The van der Waals surface area contributed by atoms with Crippen molar-refractivity contribution in [1.29, 1.82) is 0 Å². The zero-order chi connectivity index (χ0) is 7.68. The highest BCUT2D eigenvalue weighted by atomic mass is 32.1. The van der Waals surface area contributed by atoms with Gasteiger partial charge >= 0.3 is 0 Å². The van der Waals surface area contributed by atoms with Crippen molar-refractivity contribution in [2.24, 2.45) is 5.92 Å². The summed E-state index contributed by atoms with van der Waals surface area (Å²) < 4.78 is 5.38. The molecule has 4 heteroatoms. The fraction of sp³-hybridized carbons (Fsp3) is 0.571. The van der Waals surface area contributed by atoms with E-state index in [9.17, 15) is 0 Å². The summed E-state index contributed by atoms with van der Waals surface area (Å²) in [6.07, 6.45) is 4.24. The van der Waals surface area contributed by atoms with Crippen LogP contribution in [0.1, 0.15) is 12.8 Å². The van der Waals surface area contributed by atoms with Crippen molar-refractivity contribution >= 4 is 16.3 Å². The number of aromatic nitrogens is 1. The SMILES string of the molecule is Nc1cnc(OCC2CC2)s1. The molecule has 1 aliphatic carbocycles. The lowest BCUT2D eigenvalue weighted by Gasteiger charge is -1.97. The Morgan fingerprint density at radius 2 is 2.55 bits per heavy atom. The van der Waals surface area contributed by atoms with E-state index in [0.29, 0.717) is 5.19 Å². The number of anilines is 1. The molecular formula is C7H10N2OS. The molecule has 0 bridgehead atoms. The molecule has 0 spiro atoms. The van der Waals surface area contributed by atoms with Gasteiger partial charge in [0.2, 0.25) is 0 Å². The zero-order valence-corrected chi connectivity index (χ0v) is 6.93. The van der Waals surface area contributed by atoms with Crippen molar-refractivity contribution in [3.8, 4) is 5.19 Å². The first kappa shape index (κ1) is 6.91. The molecule has 0 aliphatic heterocycles. The molecule has 0 unspecified atom stereocenters. The standard InChI is InChI=1S/C7H10N2OS/c8-6-3-9-7(11-6)10-4-5-1-2-5/h3,5H,1-2,4,8H2.